The van der Waals surface area contributed by atoms with Crippen LogP contribution < -0.4 is 4.74 Å². The Morgan fingerprint density at radius 1 is 1.05 bits per heavy atom. The highest BCUT2D eigenvalue weighted by atomic mass is 32.2. The summed E-state index contributed by atoms with van der Waals surface area (Å²) in [7, 11) is 1.69. The number of pyridine rings is 1. The number of hydrogen-bond donors (Lipinski definition) is 0. The second kappa shape index (κ2) is 4.97. The van der Waals surface area contributed by atoms with Gasteiger partial charge in [0.1, 0.15) is 11.3 Å². The number of thioether (sulfide) groups is 1. The second-order valence-corrected chi connectivity index (χ2v) is 4.92. The topological polar surface area (TPSA) is 26.5 Å². The third kappa shape index (κ3) is 1.98. The van der Waals surface area contributed by atoms with Gasteiger partial charge in [-0.25, -0.2) is 4.98 Å². The van der Waals surface area contributed by atoms with E-state index in [1.807, 2.05) is 46.9 Å². The molecule has 0 radical (unpaired) electrons. The van der Waals surface area contributed by atoms with Crippen LogP contribution in [0, 0.1) is 0 Å². The fourth-order valence-electron chi connectivity index (χ4n) is 2.17. The Morgan fingerprint density at radius 2 is 1.84 bits per heavy atom. The Bertz CT molecular complexity index is 707. The van der Waals surface area contributed by atoms with Crippen molar-refractivity contribution in [3.05, 3.63) is 48.5 Å². The SMILES string of the molecule is COc1c(-c2ccccc2)nc2cccc(SC)n12. The predicted molar refractivity (Wildman–Crippen MR) is 79.0 cm³/mol. The molecule has 0 spiro atoms. The highest BCUT2D eigenvalue weighted by Gasteiger charge is 2.16. The summed E-state index contributed by atoms with van der Waals surface area (Å²) in [5.41, 5.74) is 2.85. The number of rotatable bonds is 3. The number of aromatic nitrogens is 2. The number of hydrogen-bond acceptors (Lipinski definition) is 3. The van der Waals surface area contributed by atoms with Gasteiger partial charge in [0.25, 0.3) is 0 Å². The van der Waals surface area contributed by atoms with Gasteiger partial charge in [-0.15, -0.1) is 11.8 Å². The molecule has 1 aromatic carbocycles. The molecule has 3 aromatic rings. The molecule has 3 nitrogen and oxygen atoms in total. The minimum absolute atomic E-state index is 0.783. The molecule has 3 rings (SSSR count). The van der Waals surface area contributed by atoms with Crippen LogP contribution in [0.3, 0.4) is 0 Å². The maximum atomic E-state index is 5.58. The molecule has 4 heteroatoms. The van der Waals surface area contributed by atoms with E-state index in [9.17, 15) is 0 Å². The predicted octanol–water partition coefficient (Wildman–Crippen LogP) is 3.73. The Balaban J connectivity index is 2.32. The van der Waals surface area contributed by atoms with Gasteiger partial charge in [0, 0.05) is 5.56 Å². The van der Waals surface area contributed by atoms with Crippen LogP contribution in [-0.2, 0) is 0 Å². The van der Waals surface area contributed by atoms with Crippen LogP contribution in [0.25, 0.3) is 16.9 Å². The average molecular weight is 270 g/mol. The molecular formula is C15H14N2OS. The van der Waals surface area contributed by atoms with E-state index in [1.54, 1.807) is 18.9 Å². The van der Waals surface area contributed by atoms with Crippen LogP contribution in [0.2, 0.25) is 0 Å². The number of methoxy groups -OCH3 is 1. The molecule has 0 aliphatic carbocycles. The first kappa shape index (κ1) is 12.1. The van der Waals surface area contributed by atoms with Crippen LogP contribution in [0.5, 0.6) is 5.88 Å². The van der Waals surface area contributed by atoms with Crippen molar-refractivity contribution >= 4 is 17.4 Å². The van der Waals surface area contributed by atoms with Gasteiger partial charge in [-0.1, -0.05) is 36.4 Å². The highest BCUT2D eigenvalue weighted by molar-refractivity contribution is 7.98. The highest BCUT2D eigenvalue weighted by Crippen LogP contribution is 2.33. The maximum Gasteiger partial charge on any atom is 0.227 e. The molecule has 2 aromatic heterocycles. The van der Waals surface area contributed by atoms with Crippen LogP contribution in [0.15, 0.2) is 53.6 Å². The van der Waals surface area contributed by atoms with E-state index < -0.39 is 0 Å². The molecule has 0 unspecified atom stereocenters. The minimum atomic E-state index is 0.783. The number of ether oxygens (including phenoxy) is 1. The van der Waals surface area contributed by atoms with Crippen LogP contribution in [0.4, 0.5) is 0 Å². The number of fused-ring (bicyclic) bond motifs is 1. The quantitative estimate of drug-likeness (QED) is 0.678. The molecular weight excluding hydrogens is 256 g/mol. The van der Waals surface area contributed by atoms with E-state index in [2.05, 4.69) is 17.3 Å². The van der Waals surface area contributed by atoms with Crippen molar-refractivity contribution in [1.29, 1.82) is 0 Å². The Kier molecular flexibility index (Phi) is 3.17. The Labute approximate surface area is 116 Å². The molecule has 0 bridgehead atoms. The van der Waals surface area contributed by atoms with Gasteiger partial charge in [-0.3, -0.25) is 4.40 Å². The summed E-state index contributed by atoms with van der Waals surface area (Å²) in [5.74, 6) is 0.783. The van der Waals surface area contributed by atoms with Crippen LogP contribution in [-0.4, -0.2) is 22.8 Å². The largest absolute Gasteiger partial charge is 0.480 e. The van der Waals surface area contributed by atoms with Crippen molar-refractivity contribution in [3.63, 3.8) is 0 Å². The molecule has 0 aliphatic heterocycles. The fourth-order valence-corrected chi connectivity index (χ4v) is 2.74. The lowest BCUT2D eigenvalue weighted by atomic mass is 10.2. The Hall–Kier alpha value is -1.94. The van der Waals surface area contributed by atoms with E-state index in [1.165, 1.54) is 0 Å². The monoisotopic (exact) mass is 270 g/mol. The third-order valence-corrected chi connectivity index (χ3v) is 3.75. The molecule has 96 valence electrons. The number of nitrogens with zero attached hydrogens (tertiary/aromatic N) is 2. The van der Waals surface area contributed by atoms with Gasteiger partial charge < -0.3 is 4.74 Å². The van der Waals surface area contributed by atoms with E-state index in [0.717, 1.165) is 27.8 Å². The van der Waals surface area contributed by atoms with Crippen molar-refractivity contribution in [2.75, 3.05) is 13.4 Å². The van der Waals surface area contributed by atoms with Gasteiger partial charge in [0.05, 0.1) is 12.1 Å². The molecule has 2 heterocycles. The minimum Gasteiger partial charge on any atom is -0.480 e. The lowest BCUT2D eigenvalue weighted by Gasteiger charge is -2.06. The molecule has 0 aliphatic rings. The first-order valence-corrected chi connectivity index (χ1v) is 7.22. The van der Waals surface area contributed by atoms with E-state index in [-0.39, 0.29) is 0 Å². The van der Waals surface area contributed by atoms with Crippen molar-refractivity contribution in [3.8, 4) is 17.1 Å². The third-order valence-electron chi connectivity index (χ3n) is 3.02. The summed E-state index contributed by atoms with van der Waals surface area (Å²) >= 11 is 1.68. The summed E-state index contributed by atoms with van der Waals surface area (Å²) in [6, 6.07) is 16.2. The van der Waals surface area contributed by atoms with Crippen LogP contribution >= 0.6 is 11.8 Å². The summed E-state index contributed by atoms with van der Waals surface area (Å²) < 4.78 is 7.63. The van der Waals surface area contributed by atoms with Gasteiger partial charge in [-0.2, -0.15) is 0 Å². The number of imidazole rings is 1. The molecule has 0 fully saturated rings. The Morgan fingerprint density at radius 3 is 2.53 bits per heavy atom. The average Bonchev–Trinajstić information content (AvgIpc) is 2.86. The molecule has 0 atom stereocenters. The normalized spacial score (nSPS) is 10.8. The van der Waals surface area contributed by atoms with Gasteiger partial charge in [0.2, 0.25) is 5.88 Å². The summed E-state index contributed by atoms with van der Waals surface area (Å²) in [6.07, 6.45) is 2.05. The molecule has 0 N–H and O–H groups in total. The second-order valence-electron chi connectivity index (χ2n) is 4.10. The van der Waals surface area contributed by atoms with Crippen molar-refractivity contribution < 1.29 is 4.74 Å². The zero-order valence-corrected chi connectivity index (χ0v) is 11.6. The van der Waals surface area contributed by atoms with Gasteiger partial charge >= 0.3 is 0 Å². The van der Waals surface area contributed by atoms with Crippen molar-refractivity contribution in [2.24, 2.45) is 0 Å². The summed E-state index contributed by atoms with van der Waals surface area (Å²) in [5, 5.41) is 1.11. The summed E-state index contributed by atoms with van der Waals surface area (Å²) in [4.78, 5) is 4.69. The van der Waals surface area contributed by atoms with Crippen molar-refractivity contribution in [1.82, 2.24) is 9.38 Å². The smallest absolute Gasteiger partial charge is 0.227 e. The lowest BCUT2D eigenvalue weighted by molar-refractivity contribution is 0.392. The van der Waals surface area contributed by atoms with Crippen LogP contribution in [0.1, 0.15) is 0 Å². The molecule has 0 amide bonds. The molecule has 0 saturated carbocycles. The van der Waals surface area contributed by atoms with E-state index in [4.69, 9.17) is 4.74 Å². The maximum absolute atomic E-state index is 5.58. The standard InChI is InChI=1S/C15H14N2OS/c1-18-15-14(11-7-4-3-5-8-11)16-12-9-6-10-13(19-2)17(12)15/h3-10H,1-2H3. The number of benzene rings is 1. The molecule has 19 heavy (non-hydrogen) atoms. The first-order valence-electron chi connectivity index (χ1n) is 6.00. The van der Waals surface area contributed by atoms with Gasteiger partial charge in [-0.05, 0) is 18.4 Å². The zero-order chi connectivity index (χ0) is 13.2. The molecule has 0 saturated heterocycles. The van der Waals surface area contributed by atoms with Gasteiger partial charge in [0.15, 0.2) is 0 Å². The summed E-state index contributed by atoms with van der Waals surface area (Å²) in [6.45, 7) is 0. The fraction of sp³-hybridized carbons (Fsp3) is 0.133. The van der Waals surface area contributed by atoms with E-state index in [0.29, 0.717) is 0 Å². The van der Waals surface area contributed by atoms with E-state index >= 15 is 0 Å². The zero-order valence-electron chi connectivity index (χ0n) is 10.8. The van der Waals surface area contributed by atoms with Crippen molar-refractivity contribution in [2.45, 2.75) is 5.03 Å². The first-order chi connectivity index (χ1) is 9.35. The lowest BCUT2D eigenvalue weighted by Crippen LogP contribution is -1.94.